The number of para-hydroxylation sites is 1. The molecule has 3 rings (SSSR count). The quantitative estimate of drug-likeness (QED) is 0.698. The first-order valence-corrected chi connectivity index (χ1v) is 7.43. The van der Waals surface area contributed by atoms with E-state index >= 15 is 0 Å². The molecule has 3 aromatic rings. The summed E-state index contributed by atoms with van der Waals surface area (Å²) < 4.78 is 22.9. The molecule has 1 aromatic heterocycles. The van der Waals surface area contributed by atoms with E-state index in [1.54, 1.807) is 42.5 Å². The monoisotopic (exact) mass is 300 g/mol. The lowest BCUT2D eigenvalue weighted by Gasteiger charge is -2.05. The van der Waals surface area contributed by atoms with E-state index < -0.39 is 16.4 Å². The third-order valence-corrected chi connectivity index (χ3v) is 4.43. The lowest BCUT2D eigenvalue weighted by Crippen LogP contribution is -2.09. The zero-order valence-corrected chi connectivity index (χ0v) is 12.1. The van der Waals surface area contributed by atoms with Gasteiger partial charge in [0.2, 0.25) is 0 Å². The fraction of sp³-hybridized carbons (Fsp3) is 0.0625. The van der Waals surface area contributed by atoms with Crippen LogP contribution >= 0.6 is 0 Å². The Morgan fingerprint density at radius 3 is 2.67 bits per heavy atom. The zero-order valence-electron chi connectivity index (χ0n) is 11.2. The first-order chi connectivity index (χ1) is 10.2. The molecule has 0 amide bonds. The highest BCUT2D eigenvalue weighted by Crippen LogP contribution is 2.21. The second kappa shape index (κ2) is 5.54. The zero-order chi connectivity index (χ0) is 14.8. The average molecular weight is 300 g/mol. The van der Waals surface area contributed by atoms with Gasteiger partial charge in [0.05, 0.1) is 17.9 Å². The summed E-state index contributed by atoms with van der Waals surface area (Å²) in [6.45, 7) is 0. The summed E-state index contributed by atoms with van der Waals surface area (Å²) in [6, 6.07) is 15.6. The molecule has 21 heavy (non-hydrogen) atoms. The molecule has 0 aliphatic carbocycles. The highest BCUT2D eigenvalue weighted by molar-refractivity contribution is 7.85. The van der Waals surface area contributed by atoms with Crippen molar-refractivity contribution >= 4 is 21.8 Å². The maximum atomic E-state index is 12.6. The molecule has 0 saturated carbocycles. The van der Waals surface area contributed by atoms with E-state index in [1.165, 1.54) is 7.11 Å². The van der Waals surface area contributed by atoms with Gasteiger partial charge in [-0.3, -0.25) is 0 Å². The number of fused-ring (bicyclic) bond motifs is 1. The van der Waals surface area contributed by atoms with Crippen molar-refractivity contribution in [2.75, 3.05) is 7.11 Å². The fourth-order valence-electron chi connectivity index (χ4n) is 2.02. The molecule has 5 heteroatoms. The molecule has 1 heterocycles. The second-order valence-corrected chi connectivity index (χ2v) is 5.83. The summed E-state index contributed by atoms with van der Waals surface area (Å²) in [7, 11) is -0.0784. The lowest BCUT2D eigenvalue weighted by molar-refractivity contribution is 0.413. The van der Waals surface area contributed by atoms with Gasteiger partial charge in [0.1, 0.15) is 16.2 Å². The summed E-state index contributed by atoms with van der Waals surface area (Å²) in [5.41, 5.74) is -0.108. The molecule has 0 N–H and O–H groups in total. The Morgan fingerprint density at radius 1 is 1.05 bits per heavy atom. The molecule has 0 aliphatic heterocycles. The normalized spacial score (nSPS) is 12.2. The van der Waals surface area contributed by atoms with Crippen molar-refractivity contribution in [3.05, 3.63) is 65.0 Å². The summed E-state index contributed by atoms with van der Waals surface area (Å²) >= 11 is 0. The third kappa shape index (κ3) is 2.60. The minimum atomic E-state index is -1.61. The third-order valence-electron chi connectivity index (χ3n) is 3.06. The van der Waals surface area contributed by atoms with Crippen molar-refractivity contribution in [2.24, 2.45) is 0 Å². The first-order valence-electron chi connectivity index (χ1n) is 6.28. The van der Waals surface area contributed by atoms with Crippen LogP contribution in [0.15, 0.2) is 73.6 Å². The Bertz CT molecular complexity index is 883. The number of methoxy groups -OCH3 is 1. The number of ether oxygens (including phenoxy) is 1. The van der Waals surface area contributed by atoms with Crippen molar-refractivity contribution < 1.29 is 13.4 Å². The standard InChI is InChI=1S/C16H12O4S/c1-19-12-6-4-7-13(10-12)21(18)15-9-11-5-2-3-8-14(11)20-16(15)17/h2-10H,1H3. The second-order valence-electron chi connectivity index (χ2n) is 4.38. The SMILES string of the molecule is COc1cccc(S(=O)c2cc3ccccc3oc2=O)c1. The van der Waals surface area contributed by atoms with Gasteiger partial charge in [0.15, 0.2) is 0 Å². The predicted octanol–water partition coefficient (Wildman–Crippen LogP) is 2.97. The summed E-state index contributed by atoms with van der Waals surface area (Å²) in [5, 5.41) is 0.739. The molecule has 106 valence electrons. The predicted molar refractivity (Wildman–Crippen MR) is 80.2 cm³/mol. The van der Waals surface area contributed by atoms with Crippen LogP contribution in [0.1, 0.15) is 0 Å². The maximum Gasteiger partial charge on any atom is 0.353 e. The van der Waals surface area contributed by atoms with E-state index in [4.69, 9.17) is 9.15 Å². The molecule has 0 saturated heterocycles. The van der Waals surface area contributed by atoms with Gasteiger partial charge in [-0.15, -0.1) is 0 Å². The van der Waals surface area contributed by atoms with Crippen LogP contribution in [0.5, 0.6) is 5.75 Å². The van der Waals surface area contributed by atoms with Crippen LogP contribution in [0.25, 0.3) is 11.0 Å². The van der Waals surface area contributed by atoms with E-state index in [-0.39, 0.29) is 4.90 Å². The molecule has 0 radical (unpaired) electrons. The fourth-order valence-corrected chi connectivity index (χ4v) is 3.12. The molecule has 0 aliphatic rings. The Labute approximate surface area is 123 Å². The van der Waals surface area contributed by atoms with Gasteiger partial charge < -0.3 is 9.15 Å². The first kappa shape index (κ1) is 13.6. The van der Waals surface area contributed by atoms with Crippen LogP contribution < -0.4 is 10.4 Å². The highest BCUT2D eigenvalue weighted by atomic mass is 32.2. The molecular weight excluding hydrogens is 288 g/mol. The Morgan fingerprint density at radius 2 is 1.86 bits per heavy atom. The minimum Gasteiger partial charge on any atom is -0.497 e. The number of rotatable bonds is 3. The van der Waals surface area contributed by atoms with E-state index in [0.717, 1.165) is 5.39 Å². The smallest absolute Gasteiger partial charge is 0.353 e. The number of hydrogen-bond acceptors (Lipinski definition) is 4. The molecule has 0 bridgehead atoms. The summed E-state index contributed by atoms with van der Waals surface area (Å²) in [5.74, 6) is 0.589. The van der Waals surface area contributed by atoms with Crippen LogP contribution in [0.2, 0.25) is 0 Å². The largest absolute Gasteiger partial charge is 0.497 e. The van der Waals surface area contributed by atoms with Crippen molar-refractivity contribution in [1.29, 1.82) is 0 Å². The van der Waals surface area contributed by atoms with Gasteiger partial charge in [-0.2, -0.15) is 0 Å². The van der Waals surface area contributed by atoms with Gasteiger partial charge in [-0.1, -0.05) is 24.3 Å². The molecule has 1 atom stereocenters. The van der Waals surface area contributed by atoms with E-state index in [2.05, 4.69) is 0 Å². The van der Waals surface area contributed by atoms with Crippen LogP contribution in [0.4, 0.5) is 0 Å². The maximum absolute atomic E-state index is 12.6. The molecule has 4 nitrogen and oxygen atoms in total. The van der Waals surface area contributed by atoms with Gasteiger partial charge in [-0.05, 0) is 30.3 Å². The average Bonchev–Trinajstić information content (AvgIpc) is 2.53. The van der Waals surface area contributed by atoms with Gasteiger partial charge >= 0.3 is 5.63 Å². The molecule has 0 fully saturated rings. The van der Waals surface area contributed by atoms with E-state index in [1.807, 2.05) is 12.1 Å². The van der Waals surface area contributed by atoms with E-state index in [9.17, 15) is 9.00 Å². The highest BCUT2D eigenvalue weighted by Gasteiger charge is 2.14. The van der Waals surface area contributed by atoms with E-state index in [0.29, 0.717) is 16.2 Å². The van der Waals surface area contributed by atoms with Crippen LogP contribution in [0.3, 0.4) is 0 Å². The number of hydrogen-bond donors (Lipinski definition) is 0. The minimum absolute atomic E-state index is 0.127. The van der Waals surface area contributed by atoms with Gasteiger partial charge in [0.25, 0.3) is 0 Å². The number of benzene rings is 2. The van der Waals surface area contributed by atoms with Crippen molar-refractivity contribution in [3.63, 3.8) is 0 Å². The van der Waals surface area contributed by atoms with Crippen LogP contribution in [-0.4, -0.2) is 11.3 Å². The van der Waals surface area contributed by atoms with Gasteiger partial charge in [-0.25, -0.2) is 9.00 Å². The van der Waals surface area contributed by atoms with Crippen LogP contribution in [0, 0.1) is 0 Å². The Hall–Kier alpha value is -2.40. The van der Waals surface area contributed by atoms with Crippen molar-refractivity contribution in [3.8, 4) is 5.75 Å². The Kier molecular flexibility index (Phi) is 3.58. The lowest BCUT2D eigenvalue weighted by atomic mass is 10.2. The topological polar surface area (TPSA) is 56.5 Å². The molecule has 1 unspecified atom stereocenters. The molecule has 0 spiro atoms. The summed E-state index contributed by atoms with van der Waals surface area (Å²) in [6.07, 6.45) is 0. The van der Waals surface area contributed by atoms with Crippen molar-refractivity contribution in [2.45, 2.75) is 9.79 Å². The molecular formula is C16H12O4S. The molecule has 2 aromatic carbocycles. The summed E-state index contributed by atoms with van der Waals surface area (Å²) in [4.78, 5) is 12.6. The van der Waals surface area contributed by atoms with Gasteiger partial charge in [0, 0.05) is 10.3 Å². The Balaban J connectivity index is 2.12. The van der Waals surface area contributed by atoms with Crippen molar-refractivity contribution in [1.82, 2.24) is 0 Å². The van der Waals surface area contributed by atoms with Crippen LogP contribution in [-0.2, 0) is 10.8 Å².